The first-order valence-electron chi connectivity index (χ1n) is 9.19. The summed E-state index contributed by atoms with van der Waals surface area (Å²) in [5.74, 6) is 2.24. The van der Waals surface area contributed by atoms with Gasteiger partial charge in [-0.3, -0.25) is 0 Å². The van der Waals surface area contributed by atoms with Gasteiger partial charge in [0.2, 0.25) is 0 Å². The number of hydrogen-bond donors (Lipinski definition) is 0. The average Bonchev–Trinajstić information content (AvgIpc) is 2.80. The maximum atomic E-state index is 12.0. The van der Waals surface area contributed by atoms with Crippen LogP contribution < -0.4 is 0 Å². The monoisotopic (exact) mass is 316 g/mol. The molecule has 0 radical (unpaired) electrons. The van der Waals surface area contributed by atoms with Gasteiger partial charge in [-0.2, -0.15) is 0 Å². The molecule has 2 aliphatic heterocycles. The normalized spacial score (nSPS) is 41.7. The molecule has 2 heterocycles. The van der Waals surface area contributed by atoms with Gasteiger partial charge in [-0.1, -0.05) is 17.7 Å². The summed E-state index contributed by atoms with van der Waals surface area (Å²) in [7, 11) is 0. The Hall–Kier alpha value is -1.09. The molecule has 3 fully saturated rings. The van der Waals surface area contributed by atoms with Crippen molar-refractivity contribution in [2.75, 3.05) is 6.61 Å². The molecule has 4 aliphatic rings. The predicted molar refractivity (Wildman–Crippen MR) is 88.8 cm³/mol. The highest BCUT2D eigenvalue weighted by molar-refractivity contribution is 5.91. The molecule has 0 aromatic carbocycles. The van der Waals surface area contributed by atoms with Crippen molar-refractivity contribution in [1.29, 1.82) is 0 Å². The molecule has 0 spiro atoms. The Balaban J connectivity index is 1.52. The van der Waals surface area contributed by atoms with Gasteiger partial charge in [0.05, 0.1) is 18.3 Å². The molecule has 2 saturated heterocycles. The summed E-state index contributed by atoms with van der Waals surface area (Å²) in [6, 6.07) is 0. The van der Waals surface area contributed by atoms with Crippen LogP contribution in [0.3, 0.4) is 0 Å². The fraction of sp³-hybridized carbons (Fsp3) is 0.750. The summed E-state index contributed by atoms with van der Waals surface area (Å²) < 4.78 is 11.1. The molecule has 0 unspecified atom stereocenters. The first kappa shape index (κ1) is 15.4. The molecule has 0 amide bonds. The second kappa shape index (κ2) is 5.47. The fourth-order valence-electron chi connectivity index (χ4n) is 5.19. The molecule has 5 atom stereocenters. The molecule has 3 nitrogen and oxygen atoms in total. The molecule has 3 heteroatoms. The van der Waals surface area contributed by atoms with Gasteiger partial charge in [0.15, 0.2) is 0 Å². The minimum Gasteiger partial charge on any atom is -0.462 e. The fourth-order valence-corrected chi connectivity index (χ4v) is 5.19. The third-order valence-electron chi connectivity index (χ3n) is 6.66. The average molecular weight is 316 g/mol. The van der Waals surface area contributed by atoms with Crippen molar-refractivity contribution in [3.8, 4) is 0 Å². The Morgan fingerprint density at radius 1 is 1.35 bits per heavy atom. The second-order valence-electron chi connectivity index (χ2n) is 8.36. The van der Waals surface area contributed by atoms with Crippen LogP contribution in [-0.2, 0) is 14.3 Å². The first-order valence-corrected chi connectivity index (χ1v) is 9.19. The van der Waals surface area contributed by atoms with Gasteiger partial charge in [-0.05, 0) is 70.6 Å². The number of carbonyl (C=O) groups excluding carboxylic acids is 1. The summed E-state index contributed by atoms with van der Waals surface area (Å²) in [4.78, 5) is 12.0. The Bertz CT molecular complexity index is 571. The summed E-state index contributed by atoms with van der Waals surface area (Å²) in [6.07, 6.45) is 10.8. The second-order valence-corrected chi connectivity index (χ2v) is 8.36. The van der Waals surface area contributed by atoms with Crippen molar-refractivity contribution in [1.82, 2.24) is 0 Å². The summed E-state index contributed by atoms with van der Waals surface area (Å²) >= 11 is 0. The predicted octanol–water partition coefficient (Wildman–Crippen LogP) is 4.04. The lowest BCUT2D eigenvalue weighted by molar-refractivity contribution is -0.135. The molecular formula is C20H28O3. The molecule has 0 bridgehead atoms. The van der Waals surface area contributed by atoms with Crippen molar-refractivity contribution in [3.05, 3.63) is 23.3 Å². The number of epoxide rings is 1. The number of ether oxygens (including phenoxy) is 2. The highest BCUT2D eigenvalue weighted by Crippen LogP contribution is 2.52. The molecule has 126 valence electrons. The molecular weight excluding hydrogens is 288 g/mol. The maximum Gasteiger partial charge on any atom is 0.334 e. The van der Waals surface area contributed by atoms with Crippen molar-refractivity contribution in [2.24, 2.45) is 23.7 Å². The molecule has 1 saturated carbocycles. The lowest BCUT2D eigenvalue weighted by Crippen LogP contribution is -2.26. The van der Waals surface area contributed by atoms with Gasteiger partial charge in [-0.15, -0.1) is 0 Å². The minimum atomic E-state index is -0.0592. The van der Waals surface area contributed by atoms with Crippen LogP contribution in [0.4, 0.5) is 0 Å². The smallest absolute Gasteiger partial charge is 0.334 e. The van der Waals surface area contributed by atoms with E-state index in [4.69, 9.17) is 9.47 Å². The molecule has 23 heavy (non-hydrogen) atoms. The van der Waals surface area contributed by atoms with Gasteiger partial charge in [-0.25, -0.2) is 4.79 Å². The van der Waals surface area contributed by atoms with Crippen LogP contribution in [0.1, 0.15) is 52.9 Å². The highest BCUT2D eigenvalue weighted by Gasteiger charge is 2.49. The SMILES string of the molecule is CC(=CC[C@@H]1OC1(C)C)[C@H]1CC[C@@H]2CCC=C3C(=O)OC[C@H]3[C@@H]21. The Kier molecular flexibility index (Phi) is 3.67. The lowest BCUT2D eigenvalue weighted by atomic mass is 9.74. The molecule has 2 aliphatic carbocycles. The van der Waals surface area contributed by atoms with E-state index in [1.54, 1.807) is 0 Å². The number of cyclic esters (lactones) is 1. The molecule has 0 N–H and O–H groups in total. The van der Waals surface area contributed by atoms with Crippen molar-refractivity contribution >= 4 is 5.97 Å². The topological polar surface area (TPSA) is 38.8 Å². The van der Waals surface area contributed by atoms with Crippen LogP contribution >= 0.6 is 0 Å². The standard InChI is InChI=1S/C20H28O3/c1-12(7-10-17-20(2,3)23-17)14-9-8-13-5-4-6-15-16(18(13)14)11-22-19(15)21/h6-7,13-14,16-18H,4-5,8-11H2,1-3H3/t13-,14+,16+,17-,18-/m0/s1. The van der Waals surface area contributed by atoms with Crippen LogP contribution in [0, 0.1) is 23.7 Å². The van der Waals surface area contributed by atoms with E-state index in [0.29, 0.717) is 30.5 Å². The zero-order valence-corrected chi connectivity index (χ0v) is 14.5. The van der Waals surface area contributed by atoms with Gasteiger partial charge in [0, 0.05) is 11.5 Å². The highest BCUT2D eigenvalue weighted by atomic mass is 16.6. The quantitative estimate of drug-likeness (QED) is 0.448. The van der Waals surface area contributed by atoms with Crippen molar-refractivity contribution < 1.29 is 14.3 Å². The van der Waals surface area contributed by atoms with Gasteiger partial charge in [0.1, 0.15) is 0 Å². The van der Waals surface area contributed by atoms with E-state index in [-0.39, 0.29) is 11.6 Å². The number of carbonyl (C=O) groups is 1. The number of esters is 1. The molecule has 4 rings (SSSR count). The van der Waals surface area contributed by atoms with Crippen molar-refractivity contribution in [3.63, 3.8) is 0 Å². The maximum absolute atomic E-state index is 12.0. The molecule has 0 aromatic rings. The van der Waals surface area contributed by atoms with Crippen LogP contribution in [0.25, 0.3) is 0 Å². The minimum absolute atomic E-state index is 0.0592. The van der Waals surface area contributed by atoms with Gasteiger partial charge >= 0.3 is 5.97 Å². The first-order chi connectivity index (χ1) is 11.0. The third kappa shape index (κ3) is 2.67. The van der Waals surface area contributed by atoms with Crippen LogP contribution in [0.15, 0.2) is 23.3 Å². The summed E-state index contributed by atoms with van der Waals surface area (Å²) in [6.45, 7) is 7.22. The molecule has 0 aromatic heterocycles. The van der Waals surface area contributed by atoms with Crippen LogP contribution in [0.2, 0.25) is 0 Å². The van der Waals surface area contributed by atoms with E-state index >= 15 is 0 Å². The zero-order valence-electron chi connectivity index (χ0n) is 14.5. The van der Waals surface area contributed by atoms with Gasteiger partial charge in [0.25, 0.3) is 0 Å². The van der Waals surface area contributed by atoms with Crippen molar-refractivity contribution in [2.45, 2.75) is 64.6 Å². The number of hydrogen-bond acceptors (Lipinski definition) is 3. The van der Waals surface area contributed by atoms with E-state index in [1.165, 1.54) is 24.8 Å². The van der Waals surface area contributed by atoms with Gasteiger partial charge < -0.3 is 9.47 Å². The number of allylic oxidation sites excluding steroid dienone is 2. The zero-order chi connectivity index (χ0) is 16.2. The van der Waals surface area contributed by atoms with E-state index in [1.807, 2.05) is 0 Å². The Morgan fingerprint density at radius 3 is 2.87 bits per heavy atom. The van der Waals surface area contributed by atoms with Crippen LogP contribution in [-0.4, -0.2) is 24.3 Å². The lowest BCUT2D eigenvalue weighted by Gasteiger charge is -2.29. The summed E-state index contributed by atoms with van der Waals surface area (Å²) in [5.41, 5.74) is 2.55. The van der Waals surface area contributed by atoms with E-state index < -0.39 is 0 Å². The Labute approximate surface area is 139 Å². The number of rotatable bonds is 3. The third-order valence-corrected chi connectivity index (χ3v) is 6.66. The number of fused-ring (bicyclic) bond motifs is 3. The van der Waals surface area contributed by atoms with Crippen LogP contribution in [0.5, 0.6) is 0 Å². The Morgan fingerprint density at radius 2 is 2.13 bits per heavy atom. The summed E-state index contributed by atoms with van der Waals surface area (Å²) in [5, 5.41) is 0. The van der Waals surface area contributed by atoms with E-state index in [2.05, 4.69) is 32.9 Å². The largest absolute Gasteiger partial charge is 0.462 e. The van der Waals surface area contributed by atoms with E-state index in [9.17, 15) is 4.79 Å². The van der Waals surface area contributed by atoms with E-state index in [0.717, 1.165) is 24.3 Å².